The predicted octanol–water partition coefficient (Wildman–Crippen LogP) is 5.45. The van der Waals surface area contributed by atoms with Crippen LogP contribution in [0.5, 0.6) is 17.2 Å². The van der Waals surface area contributed by atoms with Crippen LogP contribution in [-0.2, 0) is 20.4 Å². The molecule has 0 bridgehead atoms. The lowest BCUT2D eigenvalue weighted by atomic mass is 9.90. The number of hydrogen-bond acceptors (Lipinski definition) is 6. The standard InChI is InChI=1S/C25H30F3NO6/c1-15(2)12-33-19-9-7-17(11-18(19)25(26,27)28)29-23(30)24(3)13-34-22(35-14-24)16-6-8-20(31-4)21(10-16)32-5/h6-11,15,22H,12-14H2,1-5H3,(H,29,30). The van der Waals surface area contributed by atoms with Gasteiger partial charge in [-0.3, -0.25) is 4.79 Å². The second-order valence-electron chi connectivity index (χ2n) is 9.00. The second kappa shape index (κ2) is 10.7. The number of amides is 1. The first-order valence-electron chi connectivity index (χ1n) is 11.1. The van der Waals surface area contributed by atoms with Gasteiger partial charge in [0.1, 0.15) is 5.75 Å². The van der Waals surface area contributed by atoms with Gasteiger partial charge >= 0.3 is 6.18 Å². The summed E-state index contributed by atoms with van der Waals surface area (Å²) in [4.78, 5) is 13.0. The molecular weight excluding hydrogens is 467 g/mol. The Morgan fingerprint density at radius 2 is 1.69 bits per heavy atom. The molecule has 1 aliphatic heterocycles. The Bertz CT molecular complexity index is 1030. The SMILES string of the molecule is COc1ccc(C2OCC(C)(C(=O)Nc3ccc(OCC(C)C)c(C(F)(F)F)c3)CO2)cc1OC. The van der Waals surface area contributed by atoms with Crippen molar-refractivity contribution in [3.63, 3.8) is 0 Å². The summed E-state index contributed by atoms with van der Waals surface area (Å²) in [5.41, 5.74) is -1.39. The lowest BCUT2D eigenvalue weighted by Crippen LogP contribution is -2.45. The molecule has 192 valence electrons. The van der Waals surface area contributed by atoms with Gasteiger partial charge in [-0.05, 0) is 43.2 Å². The van der Waals surface area contributed by atoms with Crippen LogP contribution in [0.4, 0.5) is 18.9 Å². The smallest absolute Gasteiger partial charge is 0.420 e. The van der Waals surface area contributed by atoms with E-state index >= 15 is 0 Å². The normalized spacial score (nSPS) is 20.4. The molecule has 0 aliphatic carbocycles. The minimum atomic E-state index is -4.64. The van der Waals surface area contributed by atoms with E-state index < -0.39 is 29.4 Å². The molecule has 7 nitrogen and oxygen atoms in total. The minimum absolute atomic E-state index is 0.000441. The molecule has 2 aromatic rings. The molecule has 0 atom stereocenters. The highest BCUT2D eigenvalue weighted by atomic mass is 19.4. The van der Waals surface area contributed by atoms with Crippen LogP contribution >= 0.6 is 0 Å². The summed E-state index contributed by atoms with van der Waals surface area (Å²) in [5, 5.41) is 2.55. The Labute approximate surface area is 202 Å². The first-order chi connectivity index (χ1) is 16.5. The number of nitrogens with one attached hydrogen (secondary N) is 1. The lowest BCUT2D eigenvalue weighted by Gasteiger charge is -2.36. The molecule has 0 unspecified atom stereocenters. The number of anilines is 1. The molecule has 35 heavy (non-hydrogen) atoms. The van der Waals surface area contributed by atoms with Gasteiger partial charge in [-0.15, -0.1) is 0 Å². The number of ether oxygens (including phenoxy) is 5. The Morgan fingerprint density at radius 1 is 1.06 bits per heavy atom. The van der Waals surface area contributed by atoms with Gasteiger partial charge in [0.2, 0.25) is 5.91 Å². The monoisotopic (exact) mass is 497 g/mol. The first kappa shape index (κ1) is 26.6. The highest BCUT2D eigenvalue weighted by molar-refractivity contribution is 5.95. The van der Waals surface area contributed by atoms with Gasteiger partial charge in [-0.1, -0.05) is 19.9 Å². The number of alkyl halides is 3. The number of benzene rings is 2. The topological polar surface area (TPSA) is 75.3 Å². The van der Waals surface area contributed by atoms with Gasteiger partial charge in [0, 0.05) is 11.3 Å². The van der Waals surface area contributed by atoms with Crippen LogP contribution in [0.1, 0.15) is 38.2 Å². The van der Waals surface area contributed by atoms with Crippen molar-refractivity contribution >= 4 is 11.6 Å². The van der Waals surface area contributed by atoms with Crippen molar-refractivity contribution in [1.29, 1.82) is 0 Å². The van der Waals surface area contributed by atoms with Crippen molar-refractivity contribution in [3.05, 3.63) is 47.5 Å². The molecule has 1 heterocycles. The molecule has 0 spiro atoms. The van der Waals surface area contributed by atoms with Gasteiger partial charge in [0.25, 0.3) is 0 Å². The highest BCUT2D eigenvalue weighted by Gasteiger charge is 2.41. The number of methoxy groups -OCH3 is 2. The number of rotatable bonds is 8. The van der Waals surface area contributed by atoms with Crippen molar-refractivity contribution in [2.75, 3.05) is 39.4 Å². The van der Waals surface area contributed by atoms with Crippen molar-refractivity contribution in [3.8, 4) is 17.2 Å². The van der Waals surface area contributed by atoms with Gasteiger partial charge in [-0.2, -0.15) is 13.2 Å². The Kier molecular flexibility index (Phi) is 8.17. The van der Waals surface area contributed by atoms with Crippen LogP contribution in [0.15, 0.2) is 36.4 Å². The molecule has 10 heteroatoms. The lowest BCUT2D eigenvalue weighted by molar-refractivity contribution is -0.226. The van der Waals surface area contributed by atoms with E-state index in [2.05, 4.69) is 5.32 Å². The molecule has 1 amide bonds. The maximum Gasteiger partial charge on any atom is 0.420 e. The average molecular weight is 498 g/mol. The number of hydrogen-bond donors (Lipinski definition) is 1. The Hall–Kier alpha value is -2.98. The molecule has 1 N–H and O–H groups in total. The van der Waals surface area contributed by atoms with Crippen LogP contribution in [0.25, 0.3) is 0 Å². The van der Waals surface area contributed by atoms with Crippen molar-refractivity contribution in [2.45, 2.75) is 33.2 Å². The van der Waals surface area contributed by atoms with Gasteiger partial charge in [-0.25, -0.2) is 0 Å². The third-order valence-corrected chi connectivity index (χ3v) is 5.45. The van der Waals surface area contributed by atoms with Gasteiger partial charge < -0.3 is 29.0 Å². The van der Waals surface area contributed by atoms with Crippen LogP contribution in [0.3, 0.4) is 0 Å². The summed E-state index contributed by atoms with van der Waals surface area (Å²) in [6.45, 7) is 5.44. The molecule has 1 aliphatic rings. The molecule has 0 aromatic heterocycles. The summed E-state index contributed by atoms with van der Waals surface area (Å²) < 4.78 is 68.1. The van der Waals surface area contributed by atoms with E-state index in [9.17, 15) is 18.0 Å². The van der Waals surface area contributed by atoms with E-state index in [1.807, 2.05) is 13.8 Å². The average Bonchev–Trinajstić information content (AvgIpc) is 2.82. The van der Waals surface area contributed by atoms with Gasteiger partial charge in [0.05, 0.1) is 45.0 Å². The van der Waals surface area contributed by atoms with Gasteiger partial charge in [0.15, 0.2) is 17.8 Å². The summed E-state index contributed by atoms with van der Waals surface area (Å²) in [5.74, 6) is 0.314. The summed E-state index contributed by atoms with van der Waals surface area (Å²) >= 11 is 0. The maximum atomic E-state index is 13.6. The van der Waals surface area contributed by atoms with E-state index in [0.29, 0.717) is 17.1 Å². The number of halogens is 3. The highest BCUT2D eigenvalue weighted by Crippen LogP contribution is 2.39. The summed E-state index contributed by atoms with van der Waals surface area (Å²) in [6.07, 6.45) is -5.37. The second-order valence-corrected chi connectivity index (χ2v) is 9.00. The summed E-state index contributed by atoms with van der Waals surface area (Å²) in [6, 6.07) is 8.65. The van der Waals surface area contributed by atoms with E-state index in [1.54, 1.807) is 25.1 Å². The zero-order valence-electron chi connectivity index (χ0n) is 20.3. The molecule has 1 fully saturated rings. The van der Waals surface area contributed by atoms with Crippen molar-refractivity contribution < 1.29 is 41.7 Å². The molecule has 2 aromatic carbocycles. The van der Waals surface area contributed by atoms with Crippen LogP contribution in [-0.4, -0.2) is 39.9 Å². The third-order valence-electron chi connectivity index (χ3n) is 5.45. The quantitative estimate of drug-likeness (QED) is 0.523. The first-order valence-corrected chi connectivity index (χ1v) is 11.1. The Balaban J connectivity index is 1.69. The molecule has 0 radical (unpaired) electrons. The molecule has 0 saturated carbocycles. The maximum absolute atomic E-state index is 13.6. The zero-order valence-corrected chi connectivity index (χ0v) is 20.3. The fraction of sp³-hybridized carbons (Fsp3) is 0.480. The fourth-order valence-corrected chi connectivity index (χ4v) is 3.43. The third kappa shape index (κ3) is 6.37. The molecular formula is C25H30F3NO6. The zero-order chi connectivity index (χ0) is 25.8. The molecule has 1 saturated heterocycles. The van der Waals surface area contributed by atoms with Crippen molar-refractivity contribution in [1.82, 2.24) is 0 Å². The van der Waals surface area contributed by atoms with E-state index in [4.69, 9.17) is 23.7 Å². The van der Waals surface area contributed by atoms with Crippen molar-refractivity contribution in [2.24, 2.45) is 11.3 Å². The number of carbonyl (C=O) groups excluding carboxylic acids is 1. The van der Waals surface area contributed by atoms with Crippen LogP contribution in [0.2, 0.25) is 0 Å². The molecule has 3 rings (SSSR count). The fourth-order valence-electron chi connectivity index (χ4n) is 3.43. The minimum Gasteiger partial charge on any atom is -0.493 e. The predicted molar refractivity (Wildman–Crippen MR) is 123 cm³/mol. The van der Waals surface area contributed by atoms with Crippen LogP contribution < -0.4 is 19.5 Å². The van der Waals surface area contributed by atoms with Crippen LogP contribution in [0, 0.1) is 11.3 Å². The van der Waals surface area contributed by atoms with E-state index in [-0.39, 0.29) is 37.2 Å². The number of carbonyl (C=O) groups is 1. The van der Waals surface area contributed by atoms with E-state index in [1.165, 1.54) is 26.4 Å². The summed E-state index contributed by atoms with van der Waals surface area (Å²) in [7, 11) is 3.04. The largest absolute Gasteiger partial charge is 0.493 e. The van der Waals surface area contributed by atoms with E-state index in [0.717, 1.165) is 6.07 Å². The Morgan fingerprint density at radius 3 is 2.26 bits per heavy atom.